The first-order valence-electron chi connectivity index (χ1n) is 12.5. The van der Waals surface area contributed by atoms with E-state index in [4.69, 9.17) is 15.3 Å². The van der Waals surface area contributed by atoms with Gasteiger partial charge in [0.15, 0.2) is 0 Å². The largest absolute Gasteiger partial charge is 0.481 e. The van der Waals surface area contributed by atoms with Gasteiger partial charge >= 0.3 is 17.9 Å². The Morgan fingerprint density at radius 3 is 0.909 bits per heavy atom. The maximum atomic E-state index is 10.1. The molecule has 196 valence electrons. The molecule has 0 rings (SSSR count). The summed E-state index contributed by atoms with van der Waals surface area (Å²) in [6, 6.07) is 0. The van der Waals surface area contributed by atoms with E-state index in [1.807, 2.05) is 0 Å². The van der Waals surface area contributed by atoms with Crippen LogP contribution in [0, 0.1) is 59.5 Å². The smallest absolute Gasteiger partial charge is 0.303 e. The van der Waals surface area contributed by atoms with E-state index < -0.39 is 17.9 Å². The Bertz CT molecular complexity index is 424. The van der Waals surface area contributed by atoms with E-state index in [9.17, 15) is 14.4 Å². The van der Waals surface area contributed by atoms with Crippen LogP contribution < -0.4 is 0 Å². The van der Waals surface area contributed by atoms with Crippen molar-refractivity contribution in [3.8, 4) is 0 Å². The molecule has 0 unspecified atom stereocenters. The van der Waals surface area contributed by atoms with Crippen molar-refractivity contribution in [2.45, 2.75) is 131 Å². The minimum absolute atomic E-state index is 0. The Labute approximate surface area is 237 Å². The third-order valence-electron chi connectivity index (χ3n) is 4.77. The summed E-state index contributed by atoms with van der Waals surface area (Å²) >= 11 is 0. The molecule has 33 heavy (non-hydrogen) atoms. The van der Waals surface area contributed by atoms with Gasteiger partial charge in [0, 0.05) is 61.0 Å². The van der Waals surface area contributed by atoms with Crippen LogP contribution in [-0.4, -0.2) is 33.2 Å². The third kappa shape index (κ3) is 54.3. The van der Waals surface area contributed by atoms with Crippen molar-refractivity contribution in [1.82, 2.24) is 0 Å². The summed E-state index contributed by atoms with van der Waals surface area (Å²) in [5.41, 5.74) is 0. The number of hydrogen-bond acceptors (Lipinski definition) is 3. The van der Waals surface area contributed by atoms with Gasteiger partial charge in [-0.2, -0.15) is 0 Å². The molecule has 0 aromatic carbocycles. The van der Waals surface area contributed by atoms with E-state index in [1.54, 1.807) is 0 Å². The van der Waals surface area contributed by atoms with Crippen molar-refractivity contribution in [1.29, 1.82) is 0 Å². The van der Waals surface area contributed by atoms with Gasteiger partial charge in [0.1, 0.15) is 0 Å². The van der Waals surface area contributed by atoms with Crippen LogP contribution in [0.1, 0.15) is 131 Å². The fourth-order valence-corrected chi connectivity index (χ4v) is 2.84. The van der Waals surface area contributed by atoms with Crippen LogP contribution in [0.3, 0.4) is 0 Å². The van der Waals surface area contributed by atoms with Gasteiger partial charge in [-0.05, 0) is 37.0 Å². The predicted octanol–water partition coefficient (Wildman–Crippen LogP) is 7.64. The minimum atomic E-state index is -0.677. The molecule has 0 radical (unpaired) electrons. The molecule has 0 aliphatic carbocycles. The zero-order valence-corrected chi connectivity index (χ0v) is 25.3. The number of carboxylic acids is 3. The van der Waals surface area contributed by atoms with Crippen LogP contribution >= 0.6 is 0 Å². The molecule has 0 spiro atoms. The van der Waals surface area contributed by atoms with Crippen molar-refractivity contribution in [3.05, 3.63) is 0 Å². The van der Waals surface area contributed by atoms with Crippen molar-refractivity contribution in [3.63, 3.8) is 0 Å². The first-order chi connectivity index (χ1) is 14.9. The fourth-order valence-electron chi connectivity index (χ4n) is 2.84. The number of rotatable bonds is 17. The van der Waals surface area contributed by atoms with Crippen LogP contribution in [0.4, 0.5) is 0 Å². The molecule has 0 aromatic rings. The molecule has 0 atom stereocenters. The van der Waals surface area contributed by atoms with Gasteiger partial charge in [-0.15, -0.1) is 0 Å². The van der Waals surface area contributed by atoms with E-state index in [0.29, 0.717) is 31.1 Å². The zero-order valence-electron chi connectivity index (χ0n) is 22.2. The van der Waals surface area contributed by atoms with Crippen molar-refractivity contribution in [2.24, 2.45) is 17.8 Å². The fraction of sp³-hybridized carbons (Fsp3) is 0.885. The van der Waals surface area contributed by atoms with E-state index in [2.05, 4.69) is 41.5 Å². The summed E-state index contributed by atoms with van der Waals surface area (Å²) in [7, 11) is 0. The maximum Gasteiger partial charge on any atom is 0.303 e. The van der Waals surface area contributed by atoms with Crippen LogP contribution in [0.15, 0.2) is 0 Å². The van der Waals surface area contributed by atoms with Crippen LogP contribution in [0.2, 0.25) is 0 Å². The van der Waals surface area contributed by atoms with Gasteiger partial charge in [0.05, 0.1) is 0 Å². The van der Waals surface area contributed by atoms with Crippen molar-refractivity contribution >= 4 is 17.9 Å². The topological polar surface area (TPSA) is 112 Å². The molecule has 0 aliphatic rings. The zero-order chi connectivity index (χ0) is 25.4. The summed E-state index contributed by atoms with van der Waals surface area (Å²) < 4.78 is 0. The van der Waals surface area contributed by atoms with Gasteiger partial charge in [0.25, 0.3) is 0 Å². The standard InChI is InChI=1S/C10H20O2.2C8H16O2.Ce/c1-9(2)7-5-3-4-6-8-10(11)12;2*1-7(2)5-3-4-6-8(9)10;/h9H,3-8H2,1-2H3,(H,11,12);2*7H,3-6H2,1-2H3,(H,9,10);. The molecule has 0 heterocycles. The Morgan fingerprint density at radius 2 is 0.667 bits per heavy atom. The summed E-state index contributed by atoms with van der Waals surface area (Å²) in [6.45, 7) is 13.1. The molecule has 3 N–H and O–H groups in total. The second-order valence-electron chi connectivity index (χ2n) is 9.81. The Kier molecular flexibility index (Phi) is 36.1. The molecule has 0 aliphatic heterocycles. The second kappa shape index (κ2) is 29.8. The normalized spacial score (nSPS) is 10.1. The molecule has 0 saturated carbocycles. The Morgan fingerprint density at radius 1 is 0.455 bits per heavy atom. The van der Waals surface area contributed by atoms with Crippen LogP contribution in [0.25, 0.3) is 0 Å². The number of aliphatic carboxylic acids is 3. The maximum absolute atomic E-state index is 10.1. The number of hydrogen-bond donors (Lipinski definition) is 3. The van der Waals surface area contributed by atoms with E-state index in [-0.39, 0.29) is 41.7 Å². The predicted molar refractivity (Wildman–Crippen MR) is 132 cm³/mol. The molecule has 0 bridgehead atoms. The Hall–Kier alpha value is -0.213. The van der Waals surface area contributed by atoms with E-state index >= 15 is 0 Å². The minimum Gasteiger partial charge on any atom is -0.481 e. The van der Waals surface area contributed by atoms with E-state index in [0.717, 1.165) is 57.3 Å². The number of carbonyl (C=O) groups is 3. The number of unbranched alkanes of at least 4 members (excludes halogenated alkanes) is 5. The van der Waals surface area contributed by atoms with Gasteiger partial charge in [-0.3, -0.25) is 14.4 Å². The van der Waals surface area contributed by atoms with Gasteiger partial charge in [-0.1, -0.05) is 92.9 Å². The number of carboxylic acid groups (broad SMARTS) is 3. The quantitative estimate of drug-likeness (QED) is 0.148. The first kappa shape index (κ1) is 40.0. The third-order valence-corrected chi connectivity index (χ3v) is 4.77. The van der Waals surface area contributed by atoms with Crippen molar-refractivity contribution in [2.75, 3.05) is 0 Å². The molecule has 0 amide bonds. The van der Waals surface area contributed by atoms with Crippen molar-refractivity contribution < 1.29 is 71.5 Å². The second-order valence-corrected chi connectivity index (χ2v) is 9.81. The van der Waals surface area contributed by atoms with Gasteiger partial charge < -0.3 is 15.3 Å². The van der Waals surface area contributed by atoms with Gasteiger partial charge in [-0.25, -0.2) is 0 Å². The summed E-state index contributed by atoms with van der Waals surface area (Å²) in [4.78, 5) is 30.2. The average molecular weight is 601 g/mol. The average Bonchev–Trinajstić information content (AvgIpc) is 2.65. The summed E-state index contributed by atoms with van der Waals surface area (Å²) in [5.74, 6) is 0.165. The SMILES string of the molecule is CC(C)CCCCC(=O)O.CC(C)CCCCC(=O)O.CC(C)CCCCCCC(=O)O.[Ce]. The molecular formula is C26H52CeO6. The van der Waals surface area contributed by atoms with Crippen LogP contribution in [-0.2, 0) is 14.4 Å². The molecule has 0 fully saturated rings. The molecular weight excluding hydrogens is 548 g/mol. The summed E-state index contributed by atoms with van der Waals surface area (Å²) in [5, 5.41) is 24.9. The van der Waals surface area contributed by atoms with E-state index in [1.165, 1.54) is 19.3 Å². The van der Waals surface area contributed by atoms with Crippen LogP contribution in [0.5, 0.6) is 0 Å². The molecule has 0 saturated heterocycles. The first-order valence-corrected chi connectivity index (χ1v) is 12.5. The van der Waals surface area contributed by atoms with Gasteiger partial charge in [0.2, 0.25) is 0 Å². The monoisotopic (exact) mass is 600 g/mol. The molecule has 0 aromatic heterocycles. The molecule has 6 nitrogen and oxygen atoms in total. The molecule has 7 heteroatoms. The Balaban J connectivity index is -0.000000189. The summed E-state index contributed by atoms with van der Waals surface area (Å²) in [6.07, 6.45) is 12.6.